The summed E-state index contributed by atoms with van der Waals surface area (Å²) in [6.45, 7) is 6.71. The van der Waals surface area contributed by atoms with Gasteiger partial charge in [-0.05, 0) is 39.2 Å². The molecule has 1 saturated heterocycles. The van der Waals surface area contributed by atoms with Crippen LogP contribution in [0.2, 0.25) is 0 Å². The zero-order valence-electron chi connectivity index (χ0n) is 11.9. The molecular weight excluding hydrogens is 238 g/mol. The van der Waals surface area contributed by atoms with Gasteiger partial charge >= 0.3 is 0 Å². The van der Waals surface area contributed by atoms with Crippen molar-refractivity contribution in [3.63, 3.8) is 0 Å². The number of hydrogen-bond acceptors (Lipinski definition) is 3. The number of aryl methyl sites for hydroxylation is 2. The first-order chi connectivity index (χ1) is 8.91. The molecule has 0 amide bonds. The van der Waals surface area contributed by atoms with Gasteiger partial charge in [-0.1, -0.05) is 29.3 Å². The minimum Gasteiger partial charge on any atom is -0.384 e. The molecule has 0 bridgehead atoms. The van der Waals surface area contributed by atoms with Crippen molar-refractivity contribution in [1.82, 2.24) is 0 Å². The van der Waals surface area contributed by atoms with Gasteiger partial charge in [-0.15, -0.1) is 0 Å². The van der Waals surface area contributed by atoms with Crippen LogP contribution in [-0.4, -0.2) is 18.3 Å². The van der Waals surface area contributed by atoms with Crippen LogP contribution in [-0.2, 0) is 10.3 Å². The molecule has 102 valence electrons. The van der Waals surface area contributed by atoms with Gasteiger partial charge in [-0.2, -0.15) is 5.26 Å². The molecule has 3 nitrogen and oxygen atoms in total. The third-order valence-corrected chi connectivity index (χ3v) is 4.17. The molecule has 0 aliphatic carbocycles. The van der Waals surface area contributed by atoms with Crippen molar-refractivity contribution < 1.29 is 9.84 Å². The van der Waals surface area contributed by atoms with Crippen molar-refractivity contribution in [3.05, 3.63) is 34.9 Å². The van der Waals surface area contributed by atoms with E-state index in [1.165, 1.54) is 0 Å². The molecule has 1 N–H and O–H groups in total. The first-order valence-electron chi connectivity index (χ1n) is 6.71. The lowest BCUT2D eigenvalue weighted by Gasteiger charge is -2.42. The number of nitriles is 1. The summed E-state index contributed by atoms with van der Waals surface area (Å²) in [4.78, 5) is 0. The maximum atomic E-state index is 11.0. The molecular formula is C16H21NO2. The van der Waals surface area contributed by atoms with Gasteiger partial charge in [0.15, 0.2) is 0 Å². The van der Waals surface area contributed by atoms with Gasteiger partial charge in [-0.3, -0.25) is 0 Å². The second-order valence-electron chi connectivity index (χ2n) is 5.80. The van der Waals surface area contributed by atoms with Crippen LogP contribution in [0.4, 0.5) is 0 Å². The van der Waals surface area contributed by atoms with Crippen LogP contribution in [0, 0.1) is 30.6 Å². The highest BCUT2D eigenvalue weighted by atomic mass is 16.5. The van der Waals surface area contributed by atoms with Crippen LogP contribution in [0.1, 0.15) is 36.5 Å². The monoisotopic (exact) mass is 259 g/mol. The third kappa shape index (κ3) is 2.39. The average Bonchev–Trinajstić information content (AvgIpc) is 2.38. The molecule has 0 aromatic heterocycles. The molecule has 2 atom stereocenters. The van der Waals surface area contributed by atoms with E-state index in [-0.39, 0.29) is 0 Å². The van der Waals surface area contributed by atoms with Crippen molar-refractivity contribution in [1.29, 1.82) is 5.26 Å². The fourth-order valence-corrected chi connectivity index (χ4v) is 2.91. The van der Waals surface area contributed by atoms with E-state index in [0.717, 1.165) is 23.1 Å². The Morgan fingerprint density at radius 1 is 1.32 bits per heavy atom. The third-order valence-electron chi connectivity index (χ3n) is 4.17. The van der Waals surface area contributed by atoms with Gasteiger partial charge in [0.1, 0.15) is 11.0 Å². The molecule has 2 rings (SSSR count). The first-order valence-corrected chi connectivity index (χ1v) is 6.71. The zero-order chi connectivity index (χ0) is 14.1. The summed E-state index contributed by atoms with van der Waals surface area (Å²) in [7, 11) is 0. The highest BCUT2D eigenvalue weighted by Crippen LogP contribution is 2.45. The molecule has 0 radical (unpaired) electrons. The van der Waals surface area contributed by atoms with Gasteiger partial charge in [0.2, 0.25) is 0 Å². The molecule has 2 unspecified atom stereocenters. The summed E-state index contributed by atoms with van der Waals surface area (Å²) in [5.74, 6) is 0. The van der Waals surface area contributed by atoms with Crippen molar-refractivity contribution in [2.45, 2.75) is 39.2 Å². The fraction of sp³-hybridized carbons (Fsp3) is 0.562. The Morgan fingerprint density at radius 2 is 1.95 bits per heavy atom. The van der Waals surface area contributed by atoms with E-state index in [0.29, 0.717) is 19.6 Å². The van der Waals surface area contributed by atoms with E-state index >= 15 is 0 Å². The summed E-state index contributed by atoms with van der Waals surface area (Å²) in [5.41, 5.74) is 0.946. The number of hydrogen-bond donors (Lipinski definition) is 1. The molecule has 1 aliphatic rings. The molecule has 1 aliphatic heterocycles. The number of nitrogens with zero attached hydrogens (tertiary/aromatic N) is 1. The lowest BCUT2D eigenvalue weighted by molar-refractivity contribution is -0.113. The second kappa shape index (κ2) is 4.96. The maximum absolute atomic E-state index is 11.0. The van der Waals surface area contributed by atoms with E-state index in [1.807, 2.05) is 26.0 Å². The van der Waals surface area contributed by atoms with Crippen molar-refractivity contribution in [2.24, 2.45) is 5.41 Å². The molecule has 0 saturated carbocycles. The van der Waals surface area contributed by atoms with Crippen molar-refractivity contribution >= 4 is 0 Å². The first kappa shape index (κ1) is 14.0. The fourth-order valence-electron chi connectivity index (χ4n) is 2.91. The van der Waals surface area contributed by atoms with Crippen molar-refractivity contribution in [3.8, 4) is 6.07 Å². The Labute approximate surface area is 114 Å². The molecule has 19 heavy (non-hydrogen) atoms. The Bertz CT molecular complexity index is 488. The van der Waals surface area contributed by atoms with E-state index in [9.17, 15) is 10.4 Å². The van der Waals surface area contributed by atoms with Crippen LogP contribution in [0.5, 0.6) is 0 Å². The van der Waals surface area contributed by atoms with E-state index in [1.54, 1.807) is 6.92 Å². The summed E-state index contributed by atoms with van der Waals surface area (Å²) in [6, 6.07) is 8.30. The smallest absolute Gasteiger partial charge is 0.113 e. The van der Waals surface area contributed by atoms with Crippen LogP contribution in [0.25, 0.3) is 0 Å². The predicted molar refractivity (Wildman–Crippen MR) is 73.6 cm³/mol. The minimum absolute atomic E-state index is 0.295. The number of aliphatic hydroxyl groups is 1. The molecule has 0 spiro atoms. The molecule has 3 heteroatoms. The van der Waals surface area contributed by atoms with Crippen LogP contribution in [0.3, 0.4) is 0 Å². The van der Waals surface area contributed by atoms with E-state index in [2.05, 4.69) is 12.1 Å². The standard InChI is InChI=1S/C16H21NO2/c1-12-7-13(2)9-14(8-12)15(3,18)16(10-17)5-4-6-19-11-16/h7-9,18H,4-6,11H2,1-3H3. The number of rotatable bonds is 2. The summed E-state index contributed by atoms with van der Waals surface area (Å²) in [6.07, 6.45) is 1.48. The topological polar surface area (TPSA) is 53.2 Å². The van der Waals surface area contributed by atoms with E-state index in [4.69, 9.17) is 4.74 Å². The van der Waals surface area contributed by atoms with Gasteiger partial charge in [0.25, 0.3) is 0 Å². The second-order valence-corrected chi connectivity index (χ2v) is 5.80. The molecule has 1 aromatic carbocycles. The Kier molecular flexibility index (Phi) is 3.66. The number of benzene rings is 1. The SMILES string of the molecule is Cc1cc(C)cc(C(C)(O)C2(C#N)CCCOC2)c1. The van der Waals surface area contributed by atoms with Crippen molar-refractivity contribution in [2.75, 3.05) is 13.2 Å². The zero-order valence-corrected chi connectivity index (χ0v) is 11.9. The highest BCUT2D eigenvalue weighted by Gasteiger charge is 2.50. The Hall–Kier alpha value is -1.37. The van der Waals surface area contributed by atoms with Crippen LogP contribution < -0.4 is 0 Å². The molecule has 1 aromatic rings. The lowest BCUT2D eigenvalue weighted by atomic mass is 9.67. The summed E-state index contributed by atoms with van der Waals surface area (Å²) in [5, 5.41) is 20.6. The highest BCUT2D eigenvalue weighted by molar-refractivity contribution is 5.35. The Balaban J connectivity index is 2.47. The molecule has 1 heterocycles. The number of ether oxygens (including phenoxy) is 1. The van der Waals surface area contributed by atoms with Crippen LogP contribution >= 0.6 is 0 Å². The van der Waals surface area contributed by atoms with Gasteiger partial charge < -0.3 is 9.84 Å². The summed E-state index contributed by atoms with van der Waals surface area (Å²) < 4.78 is 5.46. The van der Waals surface area contributed by atoms with E-state index < -0.39 is 11.0 Å². The Morgan fingerprint density at radius 3 is 2.42 bits per heavy atom. The van der Waals surface area contributed by atoms with Crippen LogP contribution in [0.15, 0.2) is 18.2 Å². The lowest BCUT2D eigenvalue weighted by Crippen LogP contribution is -2.48. The average molecular weight is 259 g/mol. The predicted octanol–water partition coefficient (Wildman–Crippen LogP) is 2.83. The minimum atomic E-state index is -1.20. The van der Waals surface area contributed by atoms with Gasteiger partial charge in [0.05, 0.1) is 12.7 Å². The largest absolute Gasteiger partial charge is 0.384 e. The van der Waals surface area contributed by atoms with Gasteiger partial charge in [0, 0.05) is 6.61 Å². The summed E-state index contributed by atoms with van der Waals surface area (Å²) >= 11 is 0. The maximum Gasteiger partial charge on any atom is 0.113 e. The molecule has 1 fully saturated rings. The quantitative estimate of drug-likeness (QED) is 0.888. The van der Waals surface area contributed by atoms with Gasteiger partial charge in [-0.25, -0.2) is 0 Å². The normalized spacial score (nSPS) is 26.5.